The van der Waals surface area contributed by atoms with Gasteiger partial charge in [-0.3, -0.25) is 4.79 Å². The molecule has 3 N–H and O–H groups in total. The number of hydrogen-bond donors (Lipinski definition) is 2. The average Bonchev–Trinajstić information content (AvgIpc) is 3.07. The first-order chi connectivity index (χ1) is 9.65. The summed E-state index contributed by atoms with van der Waals surface area (Å²) in [7, 11) is 0. The summed E-state index contributed by atoms with van der Waals surface area (Å²) < 4.78 is 10.2. The molecule has 0 fully saturated rings. The number of hydrogen-bond acceptors (Lipinski definition) is 6. The highest BCUT2D eigenvalue weighted by molar-refractivity contribution is 7.14. The van der Waals surface area contributed by atoms with Crippen molar-refractivity contribution in [3.63, 3.8) is 0 Å². The first-order valence-corrected chi connectivity index (χ1v) is 6.88. The van der Waals surface area contributed by atoms with Crippen molar-refractivity contribution in [3.05, 3.63) is 40.7 Å². The fourth-order valence-electron chi connectivity index (χ4n) is 1.55. The highest BCUT2D eigenvalue weighted by atomic mass is 32.1. The minimum atomic E-state index is -0.467. The third kappa shape index (κ3) is 3.06. The van der Waals surface area contributed by atoms with Gasteiger partial charge in [0.1, 0.15) is 10.8 Å². The Balaban J connectivity index is 2.12. The summed E-state index contributed by atoms with van der Waals surface area (Å²) in [5.41, 5.74) is 5.74. The molecule has 2 heterocycles. The lowest BCUT2D eigenvalue weighted by Gasteiger charge is -2.04. The molecule has 20 heavy (non-hydrogen) atoms. The van der Waals surface area contributed by atoms with Crippen molar-refractivity contribution >= 4 is 28.2 Å². The van der Waals surface area contributed by atoms with Crippen LogP contribution in [0.5, 0.6) is 0 Å². The predicted molar refractivity (Wildman–Crippen MR) is 74.8 cm³/mol. The number of rotatable bonds is 5. The molecule has 0 atom stereocenters. The summed E-state index contributed by atoms with van der Waals surface area (Å²) in [5.74, 6) is -0.232. The van der Waals surface area contributed by atoms with Gasteiger partial charge >= 0.3 is 5.97 Å². The Morgan fingerprint density at radius 2 is 2.20 bits per heavy atom. The number of nitrogens with two attached hydrogens (primary N) is 1. The second-order valence-corrected chi connectivity index (χ2v) is 4.72. The van der Waals surface area contributed by atoms with Crippen molar-refractivity contribution in [1.82, 2.24) is 0 Å². The zero-order valence-electron chi connectivity index (χ0n) is 10.8. The van der Waals surface area contributed by atoms with E-state index in [0.717, 1.165) is 0 Å². The van der Waals surface area contributed by atoms with E-state index in [0.29, 0.717) is 16.3 Å². The molecule has 0 saturated heterocycles. The first-order valence-electron chi connectivity index (χ1n) is 6.00. The summed E-state index contributed by atoms with van der Waals surface area (Å²) in [6.07, 6.45) is 0. The number of anilines is 1. The molecule has 2 aromatic heterocycles. The molecule has 0 bridgehead atoms. The van der Waals surface area contributed by atoms with E-state index in [1.807, 2.05) is 0 Å². The predicted octanol–water partition coefficient (Wildman–Crippen LogP) is 2.23. The minimum absolute atomic E-state index is 0.147. The van der Waals surface area contributed by atoms with E-state index in [-0.39, 0.29) is 18.9 Å². The van der Waals surface area contributed by atoms with Gasteiger partial charge in [-0.15, -0.1) is 11.3 Å². The molecule has 0 spiro atoms. The Morgan fingerprint density at radius 3 is 2.85 bits per heavy atom. The van der Waals surface area contributed by atoms with Gasteiger partial charge in [0.25, 0.3) is 5.91 Å². The normalized spacial score (nSPS) is 10.3. The second-order valence-electron chi connectivity index (χ2n) is 3.81. The molecule has 6 nitrogen and oxygen atoms in total. The monoisotopic (exact) mass is 294 g/mol. The van der Waals surface area contributed by atoms with Crippen molar-refractivity contribution < 1.29 is 18.7 Å². The maximum atomic E-state index is 12.0. The lowest BCUT2D eigenvalue weighted by molar-refractivity contribution is 0.0528. The largest absolute Gasteiger partial charge is 0.462 e. The Bertz CT molecular complexity index is 617. The van der Waals surface area contributed by atoms with Crippen molar-refractivity contribution in [1.29, 1.82) is 0 Å². The van der Waals surface area contributed by atoms with Crippen LogP contribution in [0, 0.1) is 0 Å². The number of nitrogens with one attached hydrogen (secondary N) is 1. The lowest BCUT2D eigenvalue weighted by atomic mass is 10.3. The maximum Gasteiger partial charge on any atom is 0.341 e. The fraction of sp³-hybridized carbons (Fsp3) is 0.231. The lowest BCUT2D eigenvalue weighted by Crippen LogP contribution is -2.13. The molecule has 2 rings (SSSR count). The number of esters is 1. The third-order valence-electron chi connectivity index (χ3n) is 2.47. The molecule has 0 aliphatic carbocycles. The number of ether oxygens (including phenoxy) is 1. The molecule has 0 saturated carbocycles. The van der Waals surface area contributed by atoms with Gasteiger partial charge in [-0.1, -0.05) is 0 Å². The fourth-order valence-corrected chi connectivity index (χ4v) is 2.32. The quantitative estimate of drug-likeness (QED) is 0.825. The van der Waals surface area contributed by atoms with Crippen LogP contribution < -0.4 is 11.1 Å². The molecule has 0 radical (unpaired) electrons. The van der Waals surface area contributed by atoms with E-state index in [2.05, 4.69) is 5.32 Å². The summed E-state index contributed by atoms with van der Waals surface area (Å²) in [6, 6.07) is 4.77. The van der Waals surface area contributed by atoms with Crippen LogP contribution in [-0.4, -0.2) is 18.5 Å². The van der Waals surface area contributed by atoms with Crippen molar-refractivity contribution in [2.24, 2.45) is 5.73 Å². The van der Waals surface area contributed by atoms with Crippen molar-refractivity contribution in [2.45, 2.75) is 13.5 Å². The SMILES string of the molecule is CCOC(=O)c1ccsc1NC(=O)c1ccc(CN)o1. The Labute approximate surface area is 119 Å². The molecular formula is C13H14N2O4S. The molecule has 7 heteroatoms. The van der Waals surface area contributed by atoms with Crippen LogP contribution >= 0.6 is 11.3 Å². The van der Waals surface area contributed by atoms with Crippen LogP contribution in [0.2, 0.25) is 0 Å². The van der Waals surface area contributed by atoms with Crippen LogP contribution in [0.3, 0.4) is 0 Å². The zero-order chi connectivity index (χ0) is 14.5. The van der Waals surface area contributed by atoms with Crippen molar-refractivity contribution in [2.75, 3.05) is 11.9 Å². The molecule has 106 valence electrons. The van der Waals surface area contributed by atoms with E-state index in [9.17, 15) is 9.59 Å². The number of carbonyl (C=O) groups excluding carboxylic acids is 2. The van der Waals surface area contributed by atoms with Gasteiger partial charge in [0.2, 0.25) is 0 Å². The smallest absolute Gasteiger partial charge is 0.341 e. The van der Waals surface area contributed by atoms with E-state index < -0.39 is 11.9 Å². The second kappa shape index (κ2) is 6.36. The molecule has 1 amide bonds. The van der Waals surface area contributed by atoms with Gasteiger partial charge in [0, 0.05) is 0 Å². The van der Waals surface area contributed by atoms with Crippen LogP contribution in [0.15, 0.2) is 28.0 Å². The molecular weight excluding hydrogens is 280 g/mol. The Morgan fingerprint density at radius 1 is 1.40 bits per heavy atom. The summed E-state index contributed by atoms with van der Waals surface area (Å²) in [4.78, 5) is 23.7. The third-order valence-corrected chi connectivity index (χ3v) is 3.30. The number of carbonyl (C=O) groups is 2. The molecule has 0 aliphatic heterocycles. The van der Waals surface area contributed by atoms with Crippen LogP contribution in [0.4, 0.5) is 5.00 Å². The highest BCUT2D eigenvalue weighted by Gasteiger charge is 2.18. The Kier molecular flexibility index (Phi) is 4.54. The van der Waals surface area contributed by atoms with Gasteiger partial charge in [-0.2, -0.15) is 0 Å². The van der Waals surface area contributed by atoms with E-state index in [4.69, 9.17) is 14.9 Å². The van der Waals surface area contributed by atoms with Crippen LogP contribution in [0.25, 0.3) is 0 Å². The van der Waals surface area contributed by atoms with Gasteiger partial charge in [-0.05, 0) is 30.5 Å². The average molecular weight is 294 g/mol. The number of amides is 1. The first kappa shape index (κ1) is 14.3. The number of furan rings is 1. The van der Waals surface area contributed by atoms with Gasteiger partial charge in [-0.25, -0.2) is 4.79 Å². The highest BCUT2D eigenvalue weighted by Crippen LogP contribution is 2.25. The molecule has 0 aliphatic rings. The summed E-state index contributed by atoms with van der Waals surface area (Å²) in [5, 5.41) is 4.76. The van der Waals surface area contributed by atoms with Crippen LogP contribution in [-0.2, 0) is 11.3 Å². The summed E-state index contributed by atoms with van der Waals surface area (Å²) >= 11 is 1.24. The zero-order valence-corrected chi connectivity index (χ0v) is 11.7. The minimum Gasteiger partial charge on any atom is -0.462 e. The summed E-state index contributed by atoms with van der Waals surface area (Å²) in [6.45, 7) is 2.22. The van der Waals surface area contributed by atoms with Gasteiger partial charge in [0.05, 0.1) is 18.7 Å². The topological polar surface area (TPSA) is 94.6 Å². The van der Waals surface area contributed by atoms with E-state index >= 15 is 0 Å². The van der Waals surface area contributed by atoms with Crippen LogP contribution in [0.1, 0.15) is 33.6 Å². The maximum absolute atomic E-state index is 12.0. The Hall–Kier alpha value is -2.12. The van der Waals surface area contributed by atoms with Gasteiger partial charge in [0.15, 0.2) is 5.76 Å². The molecule has 0 aromatic carbocycles. The standard InChI is InChI=1S/C13H14N2O4S/c1-2-18-13(17)9-5-6-20-12(9)15-11(16)10-4-3-8(7-14)19-10/h3-6H,2,7,14H2,1H3,(H,15,16). The van der Waals surface area contributed by atoms with Crippen molar-refractivity contribution in [3.8, 4) is 0 Å². The molecule has 2 aromatic rings. The number of thiophene rings is 1. The van der Waals surface area contributed by atoms with E-state index in [1.54, 1.807) is 24.4 Å². The van der Waals surface area contributed by atoms with Gasteiger partial charge < -0.3 is 20.2 Å². The van der Waals surface area contributed by atoms with E-state index in [1.165, 1.54) is 17.4 Å². The molecule has 0 unspecified atom stereocenters.